The maximum atomic E-state index is 14.6. The third kappa shape index (κ3) is 8.31. The van der Waals surface area contributed by atoms with E-state index in [-0.39, 0.29) is 50.3 Å². The molecule has 0 aliphatic carbocycles. The van der Waals surface area contributed by atoms with Gasteiger partial charge in [0.15, 0.2) is 17.3 Å². The highest BCUT2D eigenvalue weighted by Gasteiger charge is 2.42. The second-order valence-corrected chi connectivity index (χ2v) is 12.3. The molecule has 2 aliphatic rings. The molecule has 0 bridgehead atoms. The molecule has 1 fully saturated rings. The van der Waals surface area contributed by atoms with E-state index in [0.717, 1.165) is 17.0 Å². The van der Waals surface area contributed by atoms with Crippen LogP contribution in [0, 0.1) is 11.6 Å². The first kappa shape index (κ1) is 38.9. The number of anilines is 1. The van der Waals surface area contributed by atoms with Gasteiger partial charge in [0.1, 0.15) is 28.9 Å². The van der Waals surface area contributed by atoms with Gasteiger partial charge in [-0.2, -0.15) is 0 Å². The zero-order chi connectivity index (χ0) is 39.4. The van der Waals surface area contributed by atoms with Gasteiger partial charge in [0.25, 0.3) is 0 Å². The number of carboxylic acid groups (broad SMARTS) is 1. The molecule has 0 aromatic heterocycles. The Bertz CT molecular complexity index is 2040. The normalized spacial score (nSPS) is 15.9. The molecule has 22 heteroatoms. The van der Waals surface area contributed by atoms with Gasteiger partial charge >= 0.3 is 37.0 Å². The van der Waals surface area contributed by atoms with Crippen LogP contribution in [0.15, 0.2) is 42.5 Å². The number of amides is 7. The zero-order valence-electron chi connectivity index (χ0n) is 27.6. The van der Waals surface area contributed by atoms with Crippen LogP contribution in [0.2, 0.25) is 5.02 Å². The molecular formula is C32H30BClF2N6O12. The molecule has 3 aromatic carbocycles. The third-order valence-corrected chi connectivity index (χ3v) is 8.73. The molecule has 0 radical (unpaired) electrons. The maximum absolute atomic E-state index is 14.6. The van der Waals surface area contributed by atoms with E-state index in [4.69, 9.17) is 16.3 Å². The molecule has 0 spiro atoms. The van der Waals surface area contributed by atoms with Gasteiger partial charge in [-0.05, 0) is 42.7 Å². The van der Waals surface area contributed by atoms with Crippen molar-refractivity contribution in [1.82, 2.24) is 25.8 Å². The molecule has 1 saturated heterocycles. The lowest BCUT2D eigenvalue weighted by Crippen LogP contribution is -2.60. The number of nitrogens with zero attached hydrogens (tertiary/aromatic N) is 2. The Balaban J connectivity index is 1.26. The summed E-state index contributed by atoms with van der Waals surface area (Å²) in [5.41, 5.74) is -1.11. The van der Waals surface area contributed by atoms with Crippen LogP contribution in [0.4, 0.5) is 24.1 Å². The Morgan fingerprint density at radius 1 is 1.00 bits per heavy atom. The van der Waals surface area contributed by atoms with Gasteiger partial charge in [0.05, 0.1) is 11.0 Å². The third-order valence-electron chi connectivity index (χ3n) is 8.34. The van der Waals surface area contributed by atoms with Crippen LogP contribution >= 0.6 is 11.6 Å². The number of fused-ring (bicyclic) bond motifs is 1. The van der Waals surface area contributed by atoms with E-state index in [1.54, 1.807) is 6.07 Å². The molecule has 3 aromatic rings. The van der Waals surface area contributed by atoms with E-state index >= 15 is 0 Å². The highest BCUT2D eigenvalue weighted by molar-refractivity contribution is 6.47. The summed E-state index contributed by atoms with van der Waals surface area (Å²) >= 11 is 6.12. The number of imide groups is 1. The quantitative estimate of drug-likeness (QED) is 0.0609. The van der Waals surface area contributed by atoms with Crippen LogP contribution in [0.5, 0.6) is 23.0 Å². The summed E-state index contributed by atoms with van der Waals surface area (Å²) in [6, 6.07) is 4.32. The van der Waals surface area contributed by atoms with Crippen molar-refractivity contribution >= 4 is 60.2 Å². The number of hydrogen-bond donors (Lipinski definition) is 9. The summed E-state index contributed by atoms with van der Waals surface area (Å²) < 4.78 is 34.0. The fraction of sp³-hybridized carbons (Fsp3) is 0.250. The van der Waals surface area contributed by atoms with E-state index < -0.39 is 99.9 Å². The van der Waals surface area contributed by atoms with Crippen LogP contribution in [0.3, 0.4) is 0 Å². The predicted molar refractivity (Wildman–Crippen MR) is 182 cm³/mol. The van der Waals surface area contributed by atoms with Crippen LogP contribution in [-0.2, 0) is 20.8 Å². The van der Waals surface area contributed by atoms with Crippen molar-refractivity contribution in [1.29, 1.82) is 0 Å². The summed E-state index contributed by atoms with van der Waals surface area (Å²) in [5, 5.41) is 58.3. The largest absolute Gasteiger partial charge is 0.547 e. The van der Waals surface area contributed by atoms with Crippen molar-refractivity contribution in [3.05, 3.63) is 75.8 Å². The number of urea groups is 2. The molecule has 54 heavy (non-hydrogen) atoms. The second kappa shape index (κ2) is 16.1. The van der Waals surface area contributed by atoms with Gasteiger partial charge in [0, 0.05) is 43.5 Å². The monoisotopic (exact) mass is 774 g/mol. The number of rotatable bonds is 10. The Labute approximate surface area is 308 Å². The summed E-state index contributed by atoms with van der Waals surface area (Å²) in [6.45, 7) is -0.476. The first-order valence-electron chi connectivity index (χ1n) is 15.9. The van der Waals surface area contributed by atoms with Gasteiger partial charge in [-0.15, -0.1) is 0 Å². The number of aromatic hydroxyl groups is 3. The van der Waals surface area contributed by atoms with E-state index in [9.17, 15) is 63.0 Å². The molecule has 2 heterocycles. The number of benzene rings is 3. The number of aromatic carboxylic acids is 1. The summed E-state index contributed by atoms with van der Waals surface area (Å²) in [5.74, 6) is -12.4. The zero-order valence-corrected chi connectivity index (χ0v) is 28.4. The highest BCUT2D eigenvalue weighted by Crippen LogP contribution is 2.40. The minimum Gasteiger partial charge on any atom is -0.534 e. The summed E-state index contributed by atoms with van der Waals surface area (Å²) in [4.78, 5) is 78.3. The average molecular weight is 775 g/mol. The number of halogens is 3. The molecule has 9 N–H and O–H groups in total. The molecule has 2 aliphatic heterocycles. The van der Waals surface area contributed by atoms with Crippen LogP contribution in [0.25, 0.3) is 0 Å². The fourth-order valence-electron chi connectivity index (χ4n) is 5.66. The Kier molecular flexibility index (Phi) is 11.6. The smallest absolute Gasteiger partial charge is 0.534 e. The van der Waals surface area contributed by atoms with Crippen LogP contribution in [-0.4, -0.2) is 110 Å². The van der Waals surface area contributed by atoms with Crippen molar-refractivity contribution in [2.75, 3.05) is 31.5 Å². The number of piperazine rings is 1. The van der Waals surface area contributed by atoms with Crippen molar-refractivity contribution in [3.63, 3.8) is 0 Å². The first-order valence-corrected chi connectivity index (χ1v) is 16.3. The van der Waals surface area contributed by atoms with Crippen molar-refractivity contribution < 1.29 is 67.7 Å². The Morgan fingerprint density at radius 3 is 2.44 bits per heavy atom. The average Bonchev–Trinajstić information content (AvgIpc) is 3.11. The number of hydrogen-bond acceptors (Lipinski definition) is 11. The first-order chi connectivity index (χ1) is 25.6. The summed E-state index contributed by atoms with van der Waals surface area (Å²) in [7, 11) is -1.98. The second-order valence-electron chi connectivity index (χ2n) is 11.9. The van der Waals surface area contributed by atoms with Crippen molar-refractivity contribution in [2.24, 2.45) is 0 Å². The van der Waals surface area contributed by atoms with Gasteiger partial charge in [0.2, 0.25) is 5.91 Å². The fourth-order valence-corrected chi connectivity index (χ4v) is 5.91. The van der Waals surface area contributed by atoms with Crippen LogP contribution in [0.1, 0.15) is 33.9 Å². The highest BCUT2D eigenvalue weighted by atomic mass is 35.5. The van der Waals surface area contributed by atoms with E-state index in [2.05, 4.69) is 21.3 Å². The predicted octanol–water partition coefficient (Wildman–Crippen LogP) is 1.21. The van der Waals surface area contributed by atoms with E-state index in [1.165, 1.54) is 18.2 Å². The number of nitrogens with one attached hydrogen (secondary N) is 4. The molecule has 18 nitrogen and oxygen atoms in total. The lowest BCUT2D eigenvalue weighted by molar-refractivity contribution is -0.153. The molecule has 7 amide bonds. The van der Waals surface area contributed by atoms with Gasteiger partial charge in [-0.25, -0.2) is 23.2 Å². The van der Waals surface area contributed by atoms with Crippen molar-refractivity contribution in [3.8, 4) is 23.0 Å². The maximum Gasteiger partial charge on any atom is 0.547 e. The molecule has 0 saturated carbocycles. The SMILES string of the molecule is O=C(NCCCN1CCN(C(=O)NC(C(=O)N[C@H]2Cc3ccc(F)c(C(=O)O)c3OB2O)c2cc(F)c(O)c(O)c2Cl)C(=O)C1=O)Nc1cccc(O)c1. The molecular weight excluding hydrogens is 745 g/mol. The number of carbonyl (C=O) groups is 6. The molecule has 2 atom stereocenters. The molecule has 5 rings (SSSR count). The minimum absolute atomic E-state index is 0.00531. The van der Waals surface area contributed by atoms with E-state index in [1.807, 2.05) is 0 Å². The van der Waals surface area contributed by atoms with Crippen molar-refractivity contribution in [2.45, 2.75) is 24.8 Å². The molecule has 1 unspecified atom stereocenters. The minimum atomic E-state index is -2.07. The van der Waals surface area contributed by atoms with E-state index in [0.29, 0.717) is 16.7 Å². The number of phenols is 3. The van der Waals surface area contributed by atoms with Gasteiger partial charge < -0.3 is 56.3 Å². The summed E-state index contributed by atoms with van der Waals surface area (Å²) in [6.07, 6.45) is -0.137. The standard InChI is InChI=1S/C32H30BClF2N6O12/c34-22-17(13-19(36)24(44)25(22)45)23(27(46)39-20-11-14-5-6-18(35)21(30(49)50)26(14)54-33(20)53)40-32(52)42-10-9-41(28(47)29(42)48)8-2-7-37-31(51)38-15-3-1-4-16(43)12-15/h1,3-6,12-13,20,23,43-45,53H,2,7-11H2,(H,39,46)(H,40,52)(H,49,50)(H2,37,38,51)/t20-,23?/m0/s1. The number of carbonyl (C=O) groups excluding carboxylic acids is 5. The lowest BCUT2D eigenvalue weighted by atomic mass is 9.72. The van der Waals surface area contributed by atoms with Gasteiger partial charge in [-0.3, -0.25) is 19.3 Å². The number of phenolic OH excluding ortho intramolecular Hbond substituents is 3. The topological polar surface area (TPSA) is 267 Å². The Morgan fingerprint density at radius 2 is 1.74 bits per heavy atom. The lowest BCUT2D eigenvalue weighted by Gasteiger charge is -2.34. The number of carboxylic acids is 1. The van der Waals surface area contributed by atoms with Crippen LogP contribution < -0.4 is 25.9 Å². The molecule has 284 valence electrons. The Hall–Kier alpha value is -6.35. The van der Waals surface area contributed by atoms with Gasteiger partial charge in [-0.1, -0.05) is 23.7 Å².